The van der Waals surface area contributed by atoms with E-state index in [-0.39, 0.29) is 5.54 Å². The minimum atomic E-state index is -0.118. The molecule has 0 saturated carbocycles. The normalized spacial score (nSPS) is 11.8. The van der Waals surface area contributed by atoms with Gasteiger partial charge in [-0.15, -0.1) is 0 Å². The lowest BCUT2D eigenvalue weighted by atomic mass is 9.79. The van der Waals surface area contributed by atoms with Gasteiger partial charge in [0.25, 0.3) is 0 Å². The Kier molecular flexibility index (Phi) is 8.68. The van der Waals surface area contributed by atoms with Crippen LogP contribution in [0, 0.1) is 6.92 Å². The van der Waals surface area contributed by atoms with Crippen LogP contribution in [0.25, 0.3) is 0 Å². The topological polar surface area (TPSA) is 26.0 Å². The number of benzene rings is 1. The van der Waals surface area contributed by atoms with E-state index in [0.29, 0.717) is 0 Å². The van der Waals surface area contributed by atoms with Crippen LogP contribution in [0.3, 0.4) is 0 Å². The van der Waals surface area contributed by atoms with Crippen LogP contribution in [0.4, 0.5) is 0 Å². The van der Waals surface area contributed by atoms with Crippen LogP contribution >= 0.6 is 0 Å². The molecule has 1 nitrogen and oxygen atoms in total. The molecule has 2 N–H and O–H groups in total. The van der Waals surface area contributed by atoms with Gasteiger partial charge in [0, 0.05) is 5.54 Å². The highest BCUT2D eigenvalue weighted by atomic mass is 14.7. The largest absolute Gasteiger partial charge is 0.321 e. The van der Waals surface area contributed by atoms with E-state index in [4.69, 9.17) is 5.73 Å². The maximum Gasteiger partial charge on any atom is 0.0412 e. The first-order chi connectivity index (χ1) is 10.1. The van der Waals surface area contributed by atoms with Gasteiger partial charge in [0.1, 0.15) is 0 Å². The van der Waals surface area contributed by atoms with E-state index in [0.717, 1.165) is 12.8 Å². The zero-order valence-electron chi connectivity index (χ0n) is 14.5. The molecule has 0 atom stereocenters. The molecule has 0 amide bonds. The van der Waals surface area contributed by atoms with Crippen LogP contribution in [-0.2, 0) is 5.54 Å². The summed E-state index contributed by atoms with van der Waals surface area (Å²) in [7, 11) is 0. The fraction of sp³-hybridized carbons (Fsp3) is 0.700. The maximum absolute atomic E-state index is 6.88. The summed E-state index contributed by atoms with van der Waals surface area (Å²) in [6, 6.07) is 8.71. The van der Waals surface area contributed by atoms with Gasteiger partial charge in [-0.25, -0.2) is 0 Å². The molecule has 21 heavy (non-hydrogen) atoms. The van der Waals surface area contributed by atoms with Crippen LogP contribution in [0.15, 0.2) is 24.3 Å². The molecular weight excluding hydrogens is 254 g/mol. The van der Waals surface area contributed by atoms with Gasteiger partial charge in [-0.2, -0.15) is 0 Å². The second kappa shape index (κ2) is 10.00. The highest BCUT2D eigenvalue weighted by molar-refractivity contribution is 5.32. The fourth-order valence-electron chi connectivity index (χ4n) is 3.26. The summed E-state index contributed by atoms with van der Waals surface area (Å²) >= 11 is 0. The molecule has 1 aromatic carbocycles. The van der Waals surface area contributed by atoms with Gasteiger partial charge in [-0.1, -0.05) is 89.5 Å². The molecule has 0 unspecified atom stereocenters. The number of hydrogen-bond donors (Lipinski definition) is 1. The van der Waals surface area contributed by atoms with Crippen molar-refractivity contribution in [2.24, 2.45) is 5.73 Å². The van der Waals surface area contributed by atoms with Crippen LogP contribution in [0.5, 0.6) is 0 Å². The number of rotatable bonds is 11. The van der Waals surface area contributed by atoms with Crippen molar-refractivity contribution >= 4 is 0 Å². The van der Waals surface area contributed by atoms with E-state index < -0.39 is 0 Å². The fourth-order valence-corrected chi connectivity index (χ4v) is 3.26. The van der Waals surface area contributed by atoms with E-state index in [1.54, 1.807) is 0 Å². The molecule has 1 rings (SSSR count). The molecule has 0 radical (unpaired) electrons. The Morgan fingerprint density at radius 1 is 0.810 bits per heavy atom. The molecule has 1 heteroatoms. The SMILES string of the molecule is CCCCCCC(N)(CCCCCC)c1ccccc1C. The summed E-state index contributed by atoms with van der Waals surface area (Å²) in [4.78, 5) is 0. The van der Waals surface area contributed by atoms with Crippen molar-refractivity contribution < 1.29 is 0 Å². The number of nitrogens with two attached hydrogens (primary N) is 1. The Labute approximate surface area is 132 Å². The zero-order valence-corrected chi connectivity index (χ0v) is 14.5. The van der Waals surface area contributed by atoms with Crippen LogP contribution in [-0.4, -0.2) is 0 Å². The summed E-state index contributed by atoms with van der Waals surface area (Å²) in [5, 5.41) is 0. The summed E-state index contributed by atoms with van der Waals surface area (Å²) in [6.45, 7) is 6.73. The van der Waals surface area contributed by atoms with E-state index in [2.05, 4.69) is 45.0 Å². The highest BCUT2D eigenvalue weighted by Crippen LogP contribution is 2.32. The second-order valence-corrected chi connectivity index (χ2v) is 6.59. The van der Waals surface area contributed by atoms with Crippen LogP contribution in [0.1, 0.15) is 89.2 Å². The predicted octanol–water partition coefficient (Wildman–Crippen LogP) is 6.09. The van der Waals surface area contributed by atoms with Crippen molar-refractivity contribution in [2.75, 3.05) is 0 Å². The van der Waals surface area contributed by atoms with E-state index in [1.807, 2.05) is 0 Å². The first-order valence-corrected chi connectivity index (χ1v) is 8.99. The number of hydrogen-bond acceptors (Lipinski definition) is 1. The average Bonchev–Trinajstić information content (AvgIpc) is 2.49. The van der Waals surface area contributed by atoms with Gasteiger partial charge >= 0.3 is 0 Å². The minimum absolute atomic E-state index is 0.118. The van der Waals surface area contributed by atoms with E-state index >= 15 is 0 Å². The zero-order chi connectivity index (χ0) is 15.6. The third-order valence-corrected chi connectivity index (χ3v) is 4.63. The third kappa shape index (κ3) is 6.22. The van der Waals surface area contributed by atoms with Gasteiger partial charge in [0.05, 0.1) is 0 Å². The lowest BCUT2D eigenvalue weighted by Gasteiger charge is -2.32. The smallest absolute Gasteiger partial charge is 0.0412 e. The van der Waals surface area contributed by atoms with E-state index in [9.17, 15) is 0 Å². The third-order valence-electron chi connectivity index (χ3n) is 4.63. The monoisotopic (exact) mass is 289 g/mol. The van der Waals surface area contributed by atoms with Crippen molar-refractivity contribution in [3.8, 4) is 0 Å². The molecule has 0 aliphatic carbocycles. The Morgan fingerprint density at radius 3 is 1.81 bits per heavy atom. The molecular formula is C20H35N. The summed E-state index contributed by atoms with van der Waals surface area (Å²) in [5.41, 5.74) is 9.49. The predicted molar refractivity (Wildman–Crippen MR) is 94.6 cm³/mol. The lowest BCUT2D eigenvalue weighted by molar-refractivity contribution is 0.343. The second-order valence-electron chi connectivity index (χ2n) is 6.59. The van der Waals surface area contributed by atoms with Crippen LogP contribution in [0.2, 0.25) is 0 Å². The molecule has 0 bridgehead atoms. The number of aryl methyl sites for hydroxylation is 1. The highest BCUT2D eigenvalue weighted by Gasteiger charge is 2.27. The van der Waals surface area contributed by atoms with Crippen molar-refractivity contribution in [3.63, 3.8) is 0 Å². The molecule has 0 heterocycles. The van der Waals surface area contributed by atoms with Crippen molar-refractivity contribution in [1.82, 2.24) is 0 Å². The number of unbranched alkanes of at least 4 members (excludes halogenated alkanes) is 6. The Hall–Kier alpha value is -0.820. The standard InChI is InChI=1S/C20H35N/c1-4-6-8-12-16-20(21,17-13-9-7-5-2)19-15-11-10-14-18(19)3/h10-11,14-15H,4-9,12-13,16-17,21H2,1-3H3. The van der Waals surface area contributed by atoms with Crippen LogP contribution < -0.4 is 5.73 Å². The Balaban J connectivity index is 2.70. The lowest BCUT2D eigenvalue weighted by Crippen LogP contribution is -2.37. The van der Waals surface area contributed by atoms with E-state index in [1.165, 1.54) is 62.5 Å². The van der Waals surface area contributed by atoms with Gasteiger partial charge in [-0.05, 0) is 30.9 Å². The minimum Gasteiger partial charge on any atom is -0.321 e. The summed E-state index contributed by atoms with van der Waals surface area (Å²) in [5.74, 6) is 0. The van der Waals surface area contributed by atoms with Crippen molar-refractivity contribution in [1.29, 1.82) is 0 Å². The first-order valence-electron chi connectivity index (χ1n) is 8.99. The van der Waals surface area contributed by atoms with Gasteiger partial charge in [-0.3, -0.25) is 0 Å². The molecule has 0 fully saturated rings. The molecule has 0 aromatic heterocycles. The van der Waals surface area contributed by atoms with Gasteiger partial charge in [0.2, 0.25) is 0 Å². The Bertz CT molecular complexity index is 371. The Morgan fingerprint density at radius 2 is 1.33 bits per heavy atom. The molecule has 120 valence electrons. The average molecular weight is 290 g/mol. The first kappa shape index (κ1) is 18.2. The van der Waals surface area contributed by atoms with Gasteiger partial charge < -0.3 is 5.73 Å². The molecule has 0 spiro atoms. The maximum atomic E-state index is 6.88. The van der Waals surface area contributed by atoms with Crippen molar-refractivity contribution in [3.05, 3.63) is 35.4 Å². The summed E-state index contributed by atoms with van der Waals surface area (Å²) in [6.07, 6.45) is 12.6. The summed E-state index contributed by atoms with van der Waals surface area (Å²) < 4.78 is 0. The molecule has 1 aromatic rings. The quantitative estimate of drug-likeness (QED) is 0.490. The molecule has 0 aliphatic heterocycles. The molecule has 0 saturated heterocycles. The van der Waals surface area contributed by atoms with Crippen molar-refractivity contribution in [2.45, 2.75) is 90.5 Å². The van der Waals surface area contributed by atoms with Gasteiger partial charge in [0.15, 0.2) is 0 Å². The molecule has 0 aliphatic rings.